The van der Waals surface area contributed by atoms with E-state index in [9.17, 15) is 5.11 Å². The molecule has 4 atom stereocenters. The van der Waals surface area contributed by atoms with Gasteiger partial charge in [0.1, 0.15) is 0 Å². The van der Waals surface area contributed by atoms with Crippen molar-refractivity contribution in [3.63, 3.8) is 0 Å². The fraction of sp³-hybridized carbons (Fsp3) is 1.00. The summed E-state index contributed by atoms with van der Waals surface area (Å²) >= 11 is 0. The lowest BCUT2D eigenvalue weighted by molar-refractivity contribution is 0.0182. The normalized spacial score (nSPS) is 40.9. The fourth-order valence-electron chi connectivity index (χ4n) is 3.15. The Balaban J connectivity index is 1.86. The van der Waals surface area contributed by atoms with E-state index >= 15 is 0 Å². The van der Waals surface area contributed by atoms with Gasteiger partial charge in [-0.15, -0.1) is 0 Å². The third kappa shape index (κ3) is 2.96. The molecule has 2 rings (SSSR count). The van der Waals surface area contributed by atoms with E-state index < -0.39 is 0 Å². The SMILES string of the molecule is COC1CCCCC1NC1CCCCC1O. The van der Waals surface area contributed by atoms with Gasteiger partial charge in [-0.25, -0.2) is 0 Å². The molecule has 4 unspecified atom stereocenters. The van der Waals surface area contributed by atoms with Gasteiger partial charge in [0.25, 0.3) is 0 Å². The highest BCUT2D eigenvalue weighted by molar-refractivity contribution is 4.88. The summed E-state index contributed by atoms with van der Waals surface area (Å²) in [6.45, 7) is 0. The van der Waals surface area contributed by atoms with E-state index in [1.54, 1.807) is 0 Å². The zero-order valence-corrected chi connectivity index (χ0v) is 10.3. The molecule has 2 aliphatic carbocycles. The van der Waals surface area contributed by atoms with Gasteiger partial charge in [0.2, 0.25) is 0 Å². The summed E-state index contributed by atoms with van der Waals surface area (Å²) in [6, 6.07) is 0.756. The average Bonchev–Trinajstić information content (AvgIpc) is 2.33. The van der Waals surface area contributed by atoms with Crippen LogP contribution in [0.2, 0.25) is 0 Å². The van der Waals surface area contributed by atoms with Crippen LogP contribution < -0.4 is 5.32 Å². The van der Waals surface area contributed by atoms with Crippen LogP contribution in [0, 0.1) is 0 Å². The second-order valence-electron chi connectivity index (χ2n) is 5.29. The first-order valence-electron chi connectivity index (χ1n) is 6.78. The molecular formula is C13H25NO2. The van der Waals surface area contributed by atoms with Gasteiger partial charge in [0.05, 0.1) is 12.2 Å². The second kappa shape index (κ2) is 5.99. The Morgan fingerprint density at radius 3 is 2.25 bits per heavy atom. The molecule has 2 aliphatic rings. The molecular weight excluding hydrogens is 202 g/mol. The number of rotatable bonds is 3. The van der Waals surface area contributed by atoms with Crippen molar-refractivity contribution < 1.29 is 9.84 Å². The van der Waals surface area contributed by atoms with Crippen LogP contribution in [0.15, 0.2) is 0 Å². The summed E-state index contributed by atoms with van der Waals surface area (Å²) in [5, 5.41) is 13.6. The first-order valence-corrected chi connectivity index (χ1v) is 6.78. The molecule has 2 fully saturated rings. The van der Waals surface area contributed by atoms with E-state index in [4.69, 9.17) is 4.74 Å². The third-order valence-corrected chi connectivity index (χ3v) is 4.16. The number of nitrogens with one attached hydrogen (secondary N) is 1. The standard InChI is InChI=1S/C13H25NO2/c1-16-13-9-5-3-7-11(13)14-10-6-2-4-8-12(10)15/h10-15H,2-9H2,1H3. The maximum absolute atomic E-state index is 9.96. The van der Waals surface area contributed by atoms with Gasteiger partial charge < -0.3 is 15.2 Å². The molecule has 0 aromatic rings. The number of aliphatic hydroxyl groups excluding tert-OH is 1. The number of hydrogen-bond donors (Lipinski definition) is 2. The lowest BCUT2D eigenvalue weighted by atomic mass is 9.88. The Hall–Kier alpha value is -0.120. The van der Waals surface area contributed by atoms with Gasteiger partial charge >= 0.3 is 0 Å². The first kappa shape index (κ1) is 12.3. The van der Waals surface area contributed by atoms with E-state index in [0.717, 1.165) is 19.3 Å². The minimum absolute atomic E-state index is 0.145. The van der Waals surface area contributed by atoms with Crippen molar-refractivity contribution in [2.24, 2.45) is 0 Å². The number of aliphatic hydroxyl groups is 1. The lowest BCUT2D eigenvalue weighted by Gasteiger charge is -2.37. The van der Waals surface area contributed by atoms with Crippen LogP contribution in [0.3, 0.4) is 0 Å². The Kier molecular flexibility index (Phi) is 4.62. The predicted octanol–water partition coefficient (Wildman–Crippen LogP) is 1.84. The Morgan fingerprint density at radius 2 is 1.56 bits per heavy atom. The van der Waals surface area contributed by atoms with Crippen molar-refractivity contribution in [3.8, 4) is 0 Å². The number of methoxy groups -OCH3 is 1. The molecule has 16 heavy (non-hydrogen) atoms. The lowest BCUT2D eigenvalue weighted by Crippen LogP contribution is -2.52. The summed E-state index contributed by atoms with van der Waals surface area (Å²) in [5.74, 6) is 0. The Bertz CT molecular complexity index is 210. The molecule has 0 heterocycles. The molecule has 0 saturated heterocycles. The van der Waals surface area contributed by atoms with E-state index in [0.29, 0.717) is 18.2 Å². The quantitative estimate of drug-likeness (QED) is 0.773. The van der Waals surface area contributed by atoms with E-state index in [-0.39, 0.29) is 6.10 Å². The predicted molar refractivity (Wildman–Crippen MR) is 64.5 cm³/mol. The van der Waals surface area contributed by atoms with Crippen molar-refractivity contribution in [2.75, 3.05) is 7.11 Å². The highest BCUT2D eigenvalue weighted by Crippen LogP contribution is 2.24. The van der Waals surface area contributed by atoms with Crippen molar-refractivity contribution in [1.29, 1.82) is 0 Å². The summed E-state index contributed by atoms with van der Waals surface area (Å²) in [5.41, 5.74) is 0. The van der Waals surface area contributed by atoms with Crippen molar-refractivity contribution in [2.45, 2.75) is 75.7 Å². The smallest absolute Gasteiger partial charge is 0.0724 e. The zero-order valence-electron chi connectivity index (χ0n) is 10.3. The first-order chi connectivity index (χ1) is 7.81. The molecule has 2 saturated carbocycles. The van der Waals surface area contributed by atoms with Crippen molar-refractivity contribution >= 4 is 0 Å². The summed E-state index contributed by atoms with van der Waals surface area (Å²) < 4.78 is 5.54. The number of hydrogen-bond acceptors (Lipinski definition) is 3. The maximum Gasteiger partial charge on any atom is 0.0724 e. The van der Waals surface area contributed by atoms with Crippen LogP contribution in [-0.4, -0.2) is 36.5 Å². The number of ether oxygens (including phenoxy) is 1. The minimum Gasteiger partial charge on any atom is -0.392 e. The van der Waals surface area contributed by atoms with Crippen LogP contribution >= 0.6 is 0 Å². The Morgan fingerprint density at radius 1 is 0.938 bits per heavy atom. The second-order valence-corrected chi connectivity index (χ2v) is 5.29. The fourth-order valence-corrected chi connectivity index (χ4v) is 3.15. The van der Waals surface area contributed by atoms with E-state index in [1.165, 1.54) is 32.1 Å². The summed E-state index contributed by atoms with van der Waals surface area (Å²) in [7, 11) is 1.81. The molecule has 2 N–H and O–H groups in total. The average molecular weight is 227 g/mol. The molecule has 0 aliphatic heterocycles. The van der Waals surface area contributed by atoms with Crippen LogP contribution in [0.4, 0.5) is 0 Å². The molecule has 3 nitrogen and oxygen atoms in total. The van der Waals surface area contributed by atoms with Crippen LogP contribution in [0.25, 0.3) is 0 Å². The van der Waals surface area contributed by atoms with Crippen molar-refractivity contribution in [1.82, 2.24) is 5.32 Å². The minimum atomic E-state index is -0.145. The third-order valence-electron chi connectivity index (χ3n) is 4.16. The van der Waals surface area contributed by atoms with Gasteiger partial charge in [0.15, 0.2) is 0 Å². The maximum atomic E-state index is 9.96. The molecule has 0 amide bonds. The van der Waals surface area contributed by atoms with E-state index in [1.807, 2.05) is 7.11 Å². The van der Waals surface area contributed by atoms with Crippen LogP contribution in [0.1, 0.15) is 51.4 Å². The van der Waals surface area contributed by atoms with Gasteiger partial charge in [-0.05, 0) is 25.7 Å². The highest BCUT2D eigenvalue weighted by atomic mass is 16.5. The van der Waals surface area contributed by atoms with Crippen molar-refractivity contribution in [3.05, 3.63) is 0 Å². The van der Waals surface area contributed by atoms with E-state index in [2.05, 4.69) is 5.32 Å². The topological polar surface area (TPSA) is 41.5 Å². The summed E-state index contributed by atoms with van der Waals surface area (Å²) in [6.07, 6.45) is 9.65. The molecule has 0 radical (unpaired) electrons. The zero-order chi connectivity index (χ0) is 11.4. The Labute approximate surface area is 98.6 Å². The summed E-state index contributed by atoms with van der Waals surface area (Å²) in [4.78, 5) is 0. The van der Waals surface area contributed by atoms with Crippen LogP contribution in [-0.2, 0) is 4.74 Å². The van der Waals surface area contributed by atoms with Gasteiger partial charge in [0, 0.05) is 19.2 Å². The molecule has 94 valence electrons. The molecule has 0 bridgehead atoms. The molecule has 3 heteroatoms. The molecule has 0 spiro atoms. The van der Waals surface area contributed by atoms with Gasteiger partial charge in [-0.2, -0.15) is 0 Å². The largest absolute Gasteiger partial charge is 0.392 e. The van der Waals surface area contributed by atoms with Gasteiger partial charge in [-0.3, -0.25) is 0 Å². The molecule has 0 aromatic carbocycles. The van der Waals surface area contributed by atoms with Crippen LogP contribution in [0.5, 0.6) is 0 Å². The molecule has 0 aromatic heterocycles. The monoisotopic (exact) mass is 227 g/mol. The van der Waals surface area contributed by atoms with Gasteiger partial charge in [-0.1, -0.05) is 25.7 Å². The highest BCUT2D eigenvalue weighted by Gasteiger charge is 2.30.